The fraction of sp³-hybridized carbons (Fsp3) is 0.385. The van der Waals surface area contributed by atoms with E-state index in [-0.39, 0.29) is 18.4 Å². The Hall–Kier alpha value is -2.04. The van der Waals surface area contributed by atoms with Crippen LogP contribution in [0.3, 0.4) is 0 Å². The summed E-state index contributed by atoms with van der Waals surface area (Å²) < 4.78 is 5.06. The van der Waals surface area contributed by atoms with Crippen molar-refractivity contribution in [3.63, 3.8) is 0 Å². The monoisotopic (exact) mass is 251 g/mol. The third-order valence-corrected chi connectivity index (χ3v) is 2.42. The van der Waals surface area contributed by atoms with Crippen molar-refractivity contribution >= 4 is 17.6 Å². The lowest BCUT2D eigenvalue weighted by molar-refractivity contribution is -0.137. The predicted octanol–water partition coefficient (Wildman–Crippen LogP) is 1.77. The van der Waals surface area contributed by atoms with Crippen LogP contribution in [-0.4, -0.2) is 30.6 Å². The highest BCUT2D eigenvalue weighted by atomic mass is 16.5. The van der Waals surface area contributed by atoms with E-state index in [1.165, 1.54) is 12.0 Å². The largest absolute Gasteiger partial charge is 0.497 e. The molecule has 0 fully saturated rings. The van der Waals surface area contributed by atoms with E-state index in [1.807, 2.05) is 0 Å². The molecule has 98 valence electrons. The molecule has 0 aliphatic carbocycles. The highest BCUT2D eigenvalue weighted by Gasteiger charge is 2.21. The minimum absolute atomic E-state index is 0.231. The van der Waals surface area contributed by atoms with Gasteiger partial charge in [-0.1, -0.05) is 19.9 Å². The van der Waals surface area contributed by atoms with Gasteiger partial charge >= 0.3 is 5.97 Å². The predicted molar refractivity (Wildman–Crippen MR) is 67.8 cm³/mol. The molecule has 0 bridgehead atoms. The number of ether oxygens (including phenoxy) is 1. The Morgan fingerprint density at radius 1 is 1.39 bits per heavy atom. The summed E-state index contributed by atoms with van der Waals surface area (Å²) in [5, 5.41) is 8.88. The van der Waals surface area contributed by atoms with Crippen molar-refractivity contribution in [2.75, 3.05) is 18.6 Å². The molecule has 0 aliphatic rings. The molecule has 0 unspecified atom stereocenters. The number of hydrogen-bond donors (Lipinski definition) is 1. The Kier molecular flexibility index (Phi) is 4.71. The summed E-state index contributed by atoms with van der Waals surface area (Å²) in [5.74, 6) is -0.965. The van der Waals surface area contributed by atoms with Gasteiger partial charge in [0.15, 0.2) is 0 Å². The van der Waals surface area contributed by atoms with Gasteiger partial charge in [0.2, 0.25) is 5.91 Å². The normalized spacial score (nSPS) is 10.2. The molecule has 5 heteroatoms. The first kappa shape index (κ1) is 14.0. The molecule has 1 aromatic rings. The number of methoxy groups -OCH3 is 1. The van der Waals surface area contributed by atoms with Crippen LogP contribution in [0.25, 0.3) is 0 Å². The van der Waals surface area contributed by atoms with Crippen LogP contribution in [-0.2, 0) is 9.59 Å². The quantitative estimate of drug-likeness (QED) is 0.866. The lowest BCUT2D eigenvalue weighted by Crippen LogP contribution is -2.38. The van der Waals surface area contributed by atoms with Crippen molar-refractivity contribution in [1.82, 2.24) is 0 Å². The molecule has 1 amide bonds. The zero-order valence-electron chi connectivity index (χ0n) is 10.7. The van der Waals surface area contributed by atoms with E-state index in [4.69, 9.17) is 9.84 Å². The number of nitrogens with zero attached hydrogens (tertiary/aromatic N) is 1. The van der Waals surface area contributed by atoms with Crippen LogP contribution < -0.4 is 9.64 Å². The van der Waals surface area contributed by atoms with Crippen LogP contribution in [0.2, 0.25) is 0 Å². The van der Waals surface area contributed by atoms with Gasteiger partial charge in [-0.2, -0.15) is 0 Å². The SMILES string of the molecule is COc1cccc(N(CC(=O)O)C(=O)C(C)C)c1. The van der Waals surface area contributed by atoms with Gasteiger partial charge in [0, 0.05) is 17.7 Å². The van der Waals surface area contributed by atoms with E-state index >= 15 is 0 Å². The summed E-state index contributed by atoms with van der Waals surface area (Å²) >= 11 is 0. The van der Waals surface area contributed by atoms with Crippen molar-refractivity contribution in [2.24, 2.45) is 5.92 Å². The number of carbonyl (C=O) groups excluding carboxylic acids is 1. The maximum atomic E-state index is 12.0. The molecule has 0 aliphatic heterocycles. The van der Waals surface area contributed by atoms with Gasteiger partial charge in [0.05, 0.1) is 7.11 Å². The molecule has 0 saturated heterocycles. The number of hydrogen-bond acceptors (Lipinski definition) is 3. The first-order valence-corrected chi connectivity index (χ1v) is 5.63. The number of carboxylic acid groups (broad SMARTS) is 1. The van der Waals surface area contributed by atoms with Crippen molar-refractivity contribution < 1.29 is 19.4 Å². The van der Waals surface area contributed by atoms with Crippen LogP contribution in [0.5, 0.6) is 5.75 Å². The molecule has 0 spiro atoms. The molecule has 0 radical (unpaired) electrons. The van der Waals surface area contributed by atoms with Crippen LogP contribution in [0.4, 0.5) is 5.69 Å². The zero-order chi connectivity index (χ0) is 13.7. The Labute approximate surface area is 106 Å². The van der Waals surface area contributed by atoms with E-state index in [1.54, 1.807) is 38.1 Å². The Balaban J connectivity index is 3.08. The van der Waals surface area contributed by atoms with Crippen molar-refractivity contribution in [3.8, 4) is 5.75 Å². The molecule has 1 N–H and O–H groups in total. The molecule has 0 heterocycles. The summed E-state index contributed by atoms with van der Waals surface area (Å²) in [6, 6.07) is 6.79. The molecule has 0 aromatic heterocycles. The molecular formula is C13H17NO4. The number of carbonyl (C=O) groups is 2. The molecule has 0 saturated carbocycles. The minimum Gasteiger partial charge on any atom is -0.497 e. The molecule has 18 heavy (non-hydrogen) atoms. The second-order valence-electron chi connectivity index (χ2n) is 4.17. The summed E-state index contributed by atoms with van der Waals surface area (Å²) in [6.07, 6.45) is 0. The van der Waals surface area contributed by atoms with Crippen molar-refractivity contribution in [2.45, 2.75) is 13.8 Å². The topological polar surface area (TPSA) is 66.8 Å². The molecule has 0 atom stereocenters. The maximum absolute atomic E-state index is 12.0. The summed E-state index contributed by atoms with van der Waals surface area (Å²) in [6.45, 7) is 3.11. The van der Waals surface area contributed by atoms with Gasteiger partial charge in [-0.3, -0.25) is 9.59 Å². The average Bonchev–Trinajstić information content (AvgIpc) is 2.34. The molecule has 1 rings (SSSR count). The molecular weight excluding hydrogens is 234 g/mol. The number of carboxylic acids is 1. The van der Waals surface area contributed by atoms with E-state index in [0.29, 0.717) is 11.4 Å². The fourth-order valence-electron chi connectivity index (χ4n) is 1.52. The van der Waals surface area contributed by atoms with E-state index in [2.05, 4.69) is 0 Å². The second kappa shape index (κ2) is 6.05. The van der Waals surface area contributed by atoms with Crippen LogP contribution in [0, 0.1) is 5.92 Å². The van der Waals surface area contributed by atoms with Gasteiger partial charge in [0.1, 0.15) is 12.3 Å². The summed E-state index contributed by atoms with van der Waals surface area (Å²) in [4.78, 5) is 24.1. The van der Waals surface area contributed by atoms with Gasteiger partial charge in [-0.15, -0.1) is 0 Å². The number of benzene rings is 1. The average molecular weight is 251 g/mol. The van der Waals surface area contributed by atoms with Crippen LogP contribution >= 0.6 is 0 Å². The third kappa shape index (κ3) is 3.48. The lowest BCUT2D eigenvalue weighted by atomic mass is 10.1. The van der Waals surface area contributed by atoms with Gasteiger partial charge in [-0.05, 0) is 12.1 Å². The van der Waals surface area contributed by atoms with Crippen molar-refractivity contribution in [1.29, 1.82) is 0 Å². The molecule has 1 aromatic carbocycles. The zero-order valence-corrected chi connectivity index (χ0v) is 10.7. The van der Waals surface area contributed by atoms with Gasteiger partial charge in [-0.25, -0.2) is 0 Å². The highest BCUT2D eigenvalue weighted by Crippen LogP contribution is 2.22. The standard InChI is InChI=1S/C13H17NO4/c1-9(2)13(17)14(8-12(15)16)10-5-4-6-11(7-10)18-3/h4-7,9H,8H2,1-3H3,(H,15,16). The van der Waals surface area contributed by atoms with Crippen LogP contribution in [0.1, 0.15) is 13.8 Å². The fourth-order valence-corrected chi connectivity index (χ4v) is 1.52. The van der Waals surface area contributed by atoms with E-state index in [0.717, 1.165) is 0 Å². The van der Waals surface area contributed by atoms with Crippen LogP contribution in [0.15, 0.2) is 24.3 Å². The first-order valence-electron chi connectivity index (χ1n) is 5.63. The number of aliphatic carboxylic acids is 1. The highest BCUT2D eigenvalue weighted by molar-refractivity contribution is 5.98. The van der Waals surface area contributed by atoms with Crippen molar-refractivity contribution in [3.05, 3.63) is 24.3 Å². The molecule has 5 nitrogen and oxygen atoms in total. The van der Waals surface area contributed by atoms with E-state index in [9.17, 15) is 9.59 Å². The summed E-state index contributed by atoms with van der Waals surface area (Å²) in [7, 11) is 1.52. The number of amides is 1. The number of rotatable bonds is 5. The summed E-state index contributed by atoms with van der Waals surface area (Å²) in [5.41, 5.74) is 0.524. The maximum Gasteiger partial charge on any atom is 0.323 e. The Morgan fingerprint density at radius 3 is 2.56 bits per heavy atom. The van der Waals surface area contributed by atoms with E-state index < -0.39 is 5.97 Å². The smallest absolute Gasteiger partial charge is 0.323 e. The van der Waals surface area contributed by atoms with Gasteiger partial charge in [0.25, 0.3) is 0 Å². The number of anilines is 1. The lowest BCUT2D eigenvalue weighted by Gasteiger charge is -2.23. The Morgan fingerprint density at radius 2 is 2.06 bits per heavy atom. The first-order chi connectivity index (χ1) is 8.45. The van der Waals surface area contributed by atoms with Gasteiger partial charge < -0.3 is 14.7 Å². The Bertz CT molecular complexity index is 442. The third-order valence-electron chi connectivity index (χ3n) is 2.42. The second-order valence-corrected chi connectivity index (χ2v) is 4.17. The minimum atomic E-state index is -1.05.